The van der Waals surface area contributed by atoms with Gasteiger partial charge in [-0.2, -0.15) is 0 Å². The molecule has 7 nitrogen and oxygen atoms in total. The third-order valence-electron chi connectivity index (χ3n) is 6.00. The highest BCUT2D eigenvalue weighted by atomic mass is 16.5. The number of anilines is 1. The van der Waals surface area contributed by atoms with Gasteiger partial charge in [0.05, 0.1) is 13.0 Å². The molecule has 0 aromatic heterocycles. The van der Waals surface area contributed by atoms with E-state index in [0.29, 0.717) is 25.4 Å². The van der Waals surface area contributed by atoms with Crippen LogP contribution in [0.4, 0.5) is 5.69 Å². The van der Waals surface area contributed by atoms with Gasteiger partial charge in [-0.25, -0.2) is 0 Å². The van der Waals surface area contributed by atoms with E-state index in [1.165, 1.54) is 11.1 Å². The normalized spacial score (nSPS) is 18.0. The summed E-state index contributed by atoms with van der Waals surface area (Å²) in [5.41, 5.74) is 3.24. The van der Waals surface area contributed by atoms with E-state index in [4.69, 9.17) is 4.74 Å². The van der Waals surface area contributed by atoms with Gasteiger partial charge in [-0.1, -0.05) is 24.3 Å². The molecule has 0 unspecified atom stereocenters. The molecule has 0 saturated carbocycles. The summed E-state index contributed by atoms with van der Waals surface area (Å²) < 4.78 is 5.14. The first-order chi connectivity index (χ1) is 15.0. The van der Waals surface area contributed by atoms with Gasteiger partial charge in [-0.05, 0) is 41.8 Å². The molecule has 3 amide bonds. The first kappa shape index (κ1) is 20.9. The molecule has 2 aromatic carbocycles. The van der Waals surface area contributed by atoms with Crippen LogP contribution in [-0.2, 0) is 27.3 Å². The van der Waals surface area contributed by atoms with Crippen molar-refractivity contribution in [1.29, 1.82) is 0 Å². The van der Waals surface area contributed by atoms with E-state index in [2.05, 4.69) is 17.4 Å². The van der Waals surface area contributed by atoms with Gasteiger partial charge in [-0.15, -0.1) is 0 Å². The first-order valence-electron chi connectivity index (χ1n) is 10.6. The molecule has 7 heteroatoms. The van der Waals surface area contributed by atoms with Crippen molar-refractivity contribution in [2.45, 2.75) is 25.8 Å². The molecule has 31 heavy (non-hydrogen) atoms. The van der Waals surface area contributed by atoms with Crippen molar-refractivity contribution in [2.24, 2.45) is 5.92 Å². The van der Waals surface area contributed by atoms with Crippen LogP contribution in [0, 0.1) is 5.92 Å². The second-order valence-corrected chi connectivity index (χ2v) is 7.98. The topological polar surface area (TPSA) is 79.0 Å². The summed E-state index contributed by atoms with van der Waals surface area (Å²) >= 11 is 0. The zero-order chi connectivity index (χ0) is 21.8. The standard InChI is InChI=1S/C24H27N3O4/c1-31-21-8-6-20(7-9-21)27-16-19(14-23(27)29)24(30)25-12-10-22(28)26-13-11-17-4-2-3-5-18(17)15-26/h2-9,19H,10-16H2,1H3,(H,25,30)/t19-/m0/s1. The molecule has 2 aliphatic rings. The molecular weight excluding hydrogens is 394 g/mol. The van der Waals surface area contributed by atoms with Crippen LogP contribution in [-0.4, -0.2) is 49.4 Å². The Labute approximate surface area is 182 Å². The largest absolute Gasteiger partial charge is 0.497 e. The number of hydrogen-bond donors (Lipinski definition) is 1. The van der Waals surface area contributed by atoms with Gasteiger partial charge in [0.25, 0.3) is 0 Å². The van der Waals surface area contributed by atoms with E-state index in [-0.39, 0.29) is 37.1 Å². The van der Waals surface area contributed by atoms with E-state index in [1.54, 1.807) is 24.1 Å². The molecule has 0 radical (unpaired) electrons. The number of methoxy groups -OCH3 is 1. The number of carbonyl (C=O) groups excluding carboxylic acids is 3. The zero-order valence-corrected chi connectivity index (χ0v) is 17.7. The fourth-order valence-electron chi connectivity index (χ4n) is 4.20. The predicted octanol–water partition coefficient (Wildman–Crippen LogP) is 2.14. The Morgan fingerprint density at radius 3 is 2.58 bits per heavy atom. The number of fused-ring (bicyclic) bond motifs is 1. The lowest BCUT2D eigenvalue weighted by Gasteiger charge is -2.29. The highest BCUT2D eigenvalue weighted by molar-refractivity contribution is 6.00. The fourth-order valence-corrected chi connectivity index (χ4v) is 4.20. The quantitative estimate of drug-likeness (QED) is 0.775. The molecule has 0 aliphatic carbocycles. The summed E-state index contributed by atoms with van der Waals surface area (Å²) in [5.74, 6) is 0.0878. The van der Waals surface area contributed by atoms with Crippen molar-refractivity contribution in [3.63, 3.8) is 0 Å². The van der Waals surface area contributed by atoms with Gasteiger partial charge in [-0.3, -0.25) is 14.4 Å². The van der Waals surface area contributed by atoms with Gasteiger partial charge in [0, 0.05) is 44.7 Å². The molecule has 2 aliphatic heterocycles. The van der Waals surface area contributed by atoms with Crippen LogP contribution in [0.2, 0.25) is 0 Å². The van der Waals surface area contributed by atoms with Crippen LogP contribution in [0.5, 0.6) is 5.75 Å². The summed E-state index contributed by atoms with van der Waals surface area (Å²) in [7, 11) is 1.59. The van der Waals surface area contributed by atoms with E-state index in [0.717, 1.165) is 12.1 Å². The van der Waals surface area contributed by atoms with E-state index < -0.39 is 5.92 Å². The number of rotatable bonds is 6. The summed E-state index contributed by atoms with van der Waals surface area (Å²) in [4.78, 5) is 41.0. The minimum atomic E-state index is -0.411. The summed E-state index contributed by atoms with van der Waals surface area (Å²) in [5, 5.41) is 2.84. The lowest BCUT2D eigenvalue weighted by molar-refractivity contribution is -0.132. The van der Waals surface area contributed by atoms with Crippen LogP contribution in [0.25, 0.3) is 0 Å². The molecule has 1 saturated heterocycles. The number of hydrogen-bond acceptors (Lipinski definition) is 4. The molecule has 0 bridgehead atoms. The van der Waals surface area contributed by atoms with Crippen LogP contribution < -0.4 is 15.0 Å². The molecule has 1 N–H and O–H groups in total. The molecule has 1 fully saturated rings. The lowest BCUT2D eigenvalue weighted by atomic mass is 10.00. The molecule has 2 aromatic rings. The van der Waals surface area contributed by atoms with Crippen LogP contribution >= 0.6 is 0 Å². The minimum absolute atomic E-state index is 0.0390. The molecule has 162 valence electrons. The predicted molar refractivity (Wildman–Crippen MR) is 117 cm³/mol. The monoisotopic (exact) mass is 421 g/mol. The number of nitrogens with zero attached hydrogens (tertiary/aromatic N) is 2. The van der Waals surface area contributed by atoms with Crippen molar-refractivity contribution >= 4 is 23.4 Å². The van der Waals surface area contributed by atoms with Crippen LogP contribution in [0.3, 0.4) is 0 Å². The second-order valence-electron chi connectivity index (χ2n) is 7.98. The maximum absolute atomic E-state index is 12.6. The summed E-state index contributed by atoms with van der Waals surface area (Å²) in [6.07, 6.45) is 1.30. The smallest absolute Gasteiger partial charge is 0.227 e. The number of amides is 3. The van der Waals surface area contributed by atoms with Gasteiger partial charge in [0.15, 0.2) is 0 Å². The highest BCUT2D eigenvalue weighted by Crippen LogP contribution is 2.27. The zero-order valence-electron chi connectivity index (χ0n) is 17.7. The maximum Gasteiger partial charge on any atom is 0.227 e. The SMILES string of the molecule is COc1ccc(N2C[C@@H](C(=O)NCCC(=O)N3CCc4ccccc4C3)CC2=O)cc1. The van der Waals surface area contributed by atoms with Crippen LogP contribution in [0.1, 0.15) is 24.0 Å². The molecule has 2 heterocycles. The van der Waals surface area contributed by atoms with Crippen molar-refractivity contribution in [2.75, 3.05) is 31.6 Å². The minimum Gasteiger partial charge on any atom is -0.497 e. The van der Waals surface area contributed by atoms with E-state index >= 15 is 0 Å². The fraction of sp³-hybridized carbons (Fsp3) is 0.375. The third-order valence-corrected chi connectivity index (χ3v) is 6.00. The average molecular weight is 421 g/mol. The Morgan fingerprint density at radius 1 is 1.10 bits per heavy atom. The Kier molecular flexibility index (Phi) is 6.21. The third kappa shape index (κ3) is 4.71. The van der Waals surface area contributed by atoms with Gasteiger partial charge < -0.3 is 19.9 Å². The second kappa shape index (κ2) is 9.20. The highest BCUT2D eigenvalue weighted by Gasteiger charge is 2.35. The van der Waals surface area contributed by atoms with Crippen molar-refractivity contribution < 1.29 is 19.1 Å². The van der Waals surface area contributed by atoms with Crippen molar-refractivity contribution in [1.82, 2.24) is 10.2 Å². The molecule has 0 spiro atoms. The molecule has 1 atom stereocenters. The van der Waals surface area contributed by atoms with E-state index in [1.807, 2.05) is 29.2 Å². The van der Waals surface area contributed by atoms with Crippen molar-refractivity contribution in [3.8, 4) is 5.75 Å². The molecule has 4 rings (SSSR count). The number of benzene rings is 2. The lowest BCUT2D eigenvalue weighted by Crippen LogP contribution is -2.39. The van der Waals surface area contributed by atoms with Gasteiger partial charge >= 0.3 is 0 Å². The Morgan fingerprint density at radius 2 is 1.84 bits per heavy atom. The summed E-state index contributed by atoms with van der Waals surface area (Å²) in [6.45, 7) is 1.95. The van der Waals surface area contributed by atoms with E-state index in [9.17, 15) is 14.4 Å². The maximum atomic E-state index is 12.6. The molecular formula is C24H27N3O4. The van der Waals surface area contributed by atoms with Gasteiger partial charge in [0.2, 0.25) is 17.7 Å². The summed E-state index contributed by atoms with van der Waals surface area (Å²) in [6, 6.07) is 15.4. The number of ether oxygens (including phenoxy) is 1. The Bertz CT molecular complexity index is 973. The number of carbonyl (C=O) groups is 3. The van der Waals surface area contributed by atoms with Crippen molar-refractivity contribution in [3.05, 3.63) is 59.7 Å². The average Bonchev–Trinajstić information content (AvgIpc) is 3.20. The first-order valence-corrected chi connectivity index (χ1v) is 10.6. The number of nitrogens with one attached hydrogen (secondary N) is 1. The van der Waals surface area contributed by atoms with Crippen LogP contribution in [0.15, 0.2) is 48.5 Å². The van der Waals surface area contributed by atoms with Gasteiger partial charge in [0.1, 0.15) is 5.75 Å². The Balaban J connectivity index is 1.24. The Hall–Kier alpha value is -3.35.